The van der Waals surface area contributed by atoms with Gasteiger partial charge in [0.2, 0.25) is 15.9 Å². The van der Waals surface area contributed by atoms with Gasteiger partial charge in [0.1, 0.15) is 6.04 Å². The summed E-state index contributed by atoms with van der Waals surface area (Å²) in [5.74, 6) is 0.650. The van der Waals surface area contributed by atoms with Gasteiger partial charge in [0.15, 0.2) is 11.5 Å². The summed E-state index contributed by atoms with van der Waals surface area (Å²) < 4.78 is 39.1. The first-order valence-corrected chi connectivity index (χ1v) is 12.4. The number of rotatable bonds is 10. The van der Waals surface area contributed by atoms with Gasteiger partial charge in [-0.3, -0.25) is 4.79 Å². The van der Waals surface area contributed by atoms with E-state index in [1.165, 1.54) is 31.4 Å². The van der Waals surface area contributed by atoms with Gasteiger partial charge < -0.3 is 14.8 Å². The van der Waals surface area contributed by atoms with Crippen LogP contribution < -0.4 is 19.5 Å². The van der Waals surface area contributed by atoms with Gasteiger partial charge in [0.05, 0.1) is 25.2 Å². The third kappa shape index (κ3) is 6.50. The minimum absolute atomic E-state index is 0.0238. The fourth-order valence-electron chi connectivity index (χ4n) is 3.43. The van der Waals surface area contributed by atoms with E-state index in [2.05, 4.69) is 10.0 Å². The third-order valence-corrected chi connectivity index (χ3v) is 7.03. The van der Waals surface area contributed by atoms with Crippen LogP contribution in [0.25, 0.3) is 0 Å². The van der Waals surface area contributed by atoms with Crippen molar-refractivity contribution in [2.24, 2.45) is 0 Å². The summed E-state index contributed by atoms with van der Waals surface area (Å²) in [4.78, 5) is 13.3. The van der Waals surface area contributed by atoms with Gasteiger partial charge in [-0.2, -0.15) is 4.72 Å². The number of nitrogens with one attached hydrogen (secondary N) is 2. The predicted molar refractivity (Wildman–Crippen MR) is 132 cm³/mol. The molecule has 0 aliphatic rings. The smallest absolute Gasteiger partial charge is 0.241 e. The van der Waals surface area contributed by atoms with Crippen molar-refractivity contribution >= 4 is 27.5 Å². The quantitative estimate of drug-likeness (QED) is 0.435. The van der Waals surface area contributed by atoms with Crippen molar-refractivity contribution in [2.45, 2.75) is 30.3 Å². The summed E-state index contributed by atoms with van der Waals surface area (Å²) in [6.45, 7) is 1.81. The molecule has 0 fully saturated rings. The molecule has 0 heterocycles. The maximum absolute atomic E-state index is 13.3. The second kappa shape index (κ2) is 11.4. The molecule has 1 amide bonds. The molecule has 180 valence electrons. The first-order chi connectivity index (χ1) is 16.2. The van der Waals surface area contributed by atoms with Crippen molar-refractivity contribution in [3.05, 3.63) is 88.9 Å². The van der Waals surface area contributed by atoms with E-state index in [1.807, 2.05) is 43.3 Å². The summed E-state index contributed by atoms with van der Waals surface area (Å²) >= 11 is 5.89. The molecule has 0 aliphatic heterocycles. The van der Waals surface area contributed by atoms with Gasteiger partial charge in [-0.05, 0) is 60.9 Å². The third-order valence-electron chi connectivity index (χ3n) is 5.29. The average molecular weight is 503 g/mol. The molecular weight excluding hydrogens is 476 g/mol. The lowest BCUT2D eigenvalue weighted by Gasteiger charge is -2.22. The molecule has 2 atom stereocenters. The monoisotopic (exact) mass is 502 g/mol. The number of methoxy groups -OCH3 is 2. The number of carbonyl (C=O) groups excluding carboxylic acids is 1. The summed E-state index contributed by atoms with van der Waals surface area (Å²) in [6, 6.07) is 18.9. The molecule has 3 rings (SSSR count). The zero-order valence-corrected chi connectivity index (χ0v) is 20.7. The van der Waals surface area contributed by atoms with Crippen LogP contribution in [0.2, 0.25) is 5.02 Å². The van der Waals surface area contributed by atoms with Gasteiger partial charge in [0.25, 0.3) is 0 Å². The molecule has 0 saturated carbocycles. The standard InChI is InChI=1S/C25H27ClN2O5S/c1-17(19-9-14-23(32-2)24(16-19)33-3)27-25(29)22(15-18-7-5-4-6-8-18)28-34(30,31)21-12-10-20(26)11-13-21/h4-14,16-17,22,28H,15H2,1-3H3,(H,27,29)/t17-,22+/m1/s1. The largest absolute Gasteiger partial charge is 0.493 e. The summed E-state index contributed by atoms with van der Waals surface area (Å²) in [7, 11) is -0.888. The van der Waals surface area contributed by atoms with Crippen LogP contribution in [0.5, 0.6) is 11.5 Å². The molecule has 3 aromatic carbocycles. The molecule has 0 aromatic heterocycles. The number of hydrogen-bond acceptors (Lipinski definition) is 5. The lowest BCUT2D eigenvalue weighted by atomic mass is 10.0. The molecule has 0 spiro atoms. The van der Waals surface area contributed by atoms with Crippen molar-refractivity contribution in [2.75, 3.05) is 14.2 Å². The highest BCUT2D eigenvalue weighted by molar-refractivity contribution is 7.89. The van der Waals surface area contributed by atoms with Crippen molar-refractivity contribution in [1.29, 1.82) is 0 Å². The molecule has 34 heavy (non-hydrogen) atoms. The highest BCUT2D eigenvalue weighted by Crippen LogP contribution is 2.30. The van der Waals surface area contributed by atoms with Crippen LogP contribution in [0.3, 0.4) is 0 Å². The Hall–Kier alpha value is -3.07. The first-order valence-electron chi connectivity index (χ1n) is 10.6. The fraction of sp³-hybridized carbons (Fsp3) is 0.240. The zero-order valence-electron chi connectivity index (χ0n) is 19.1. The van der Waals surface area contributed by atoms with E-state index in [1.54, 1.807) is 19.2 Å². The number of ether oxygens (including phenoxy) is 2. The molecule has 0 aliphatic carbocycles. The highest BCUT2D eigenvalue weighted by Gasteiger charge is 2.27. The van der Waals surface area contributed by atoms with E-state index >= 15 is 0 Å². The van der Waals surface area contributed by atoms with E-state index in [-0.39, 0.29) is 11.3 Å². The summed E-state index contributed by atoms with van der Waals surface area (Å²) in [5, 5.41) is 3.32. The Kier molecular flexibility index (Phi) is 8.55. The van der Waals surface area contributed by atoms with Crippen LogP contribution in [0, 0.1) is 0 Å². The number of amides is 1. The lowest BCUT2D eigenvalue weighted by Crippen LogP contribution is -2.48. The van der Waals surface area contributed by atoms with Gasteiger partial charge >= 0.3 is 0 Å². The van der Waals surface area contributed by atoms with E-state index in [0.717, 1.165) is 11.1 Å². The summed E-state index contributed by atoms with van der Waals surface area (Å²) in [6.07, 6.45) is 0.179. The van der Waals surface area contributed by atoms with Crippen LogP contribution in [0.15, 0.2) is 77.7 Å². The van der Waals surface area contributed by atoms with Gasteiger partial charge in [-0.25, -0.2) is 8.42 Å². The Morgan fingerprint density at radius 2 is 1.59 bits per heavy atom. The number of hydrogen-bond donors (Lipinski definition) is 2. The van der Waals surface area contributed by atoms with Crippen LogP contribution in [0.1, 0.15) is 24.1 Å². The number of halogens is 1. The molecule has 0 radical (unpaired) electrons. The molecule has 3 aromatic rings. The molecule has 0 saturated heterocycles. The maximum atomic E-state index is 13.3. The molecule has 2 N–H and O–H groups in total. The fourth-order valence-corrected chi connectivity index (χ4v) is 4.75. The van der Waals surface area contributed by atoms with Crippen LogP contribution in [0.4, 0.5) is 0 Å². The Morgan fingerprint density at radius 1 is 0.941 bits per heavy atom. The predicted octanol–water partition coefficient (Wildman–Crippen LogP) is 4.12. The van der Waals surface area contributed by atoms with Gasteiger partial charge in [0, 0.05) is 5.02 Å². The normalized spacial score (nSPS) is 13.1. The molecular formula is C25H27ClN2O5S. The zero-order chi connectivity index (χ0) is 24.7. The van der Waals surface area contributed by atoms with Crippen molar-refractivity contribution in [3.8, 4) is 11.5 Å². The highest BCUT2D eigenvalue weighted by atomic mass is 35.5. The molecule has 0 bridgehead atoms. The maximum Gasteiger partial charge on any atom is 0.241 e. The Bertz CT molecular complexity index is 1220. The Labute approximate surface area is 205 Å². The van der Waals surface area contributed by atoms with Gasteiger partial charge in [-0.15, -0.1) is 0 Å². The Morgan fingerprint density at radius 3 is 2.21 bits per heavy atom. The number of sulfonamides is 1. The minimum Gasteiger partial charge on any atom is -0.493 e. The summed E-state index contributed by atoms with van der Waals surface area (Å²) in [5.41, 5.74) is 1.60. The Balaban J connectivity index is 1.83. The topological polar surface area (TPSA) is 93.7 Å². The van der Waals surface area contributed by atoms with Crippen molar-refractivity contribution in [1.82, 2.24) is 10.0 Å². The van der Waals surface area contributed by atoms with Crippen LogP contribution in [-0.2, 0) is 21.2 Å². The lowest BCUT2D eigenvalue weighted by molar-refractivity contribution is -0.123. The van der Waals surface area contributed by atoms with Crippen LogP contribution >= 0.6 is 11.6 Å². The first kappa shape index (κ1) is 25.6. The van der Waals surface area contributed by atoms with Crippen molar-refractivity contribution in [3.63, 3.8) is 0 Å². The van der Waals surface area contributed by atoms with E-state index in [4.69, 9.17) is 21.1 Å². The van der Waals surface area contributed by atoms with E-state index in [0.29, 0.717) is 16.5 Å². The molecule has 0 unspecified atom stereocenters. The average Bonchev–Trinajstić information content (AvgIpc) is 2.83. The van der Waals surface area contributed by atoms with Crippen LogP contribution in [-0.4, -0.2) is 34.6 Å². The SMILES string of the molecule is COc1ccc([C@@H](C)NC(=O)[C@H](Cc2ccccc2)NS(=O)(=O)c2ccc(Cl)cc2)cc1OC. The molecule has 7 nitrogen and oxygen atoms in total. The van der Waals surface area contributed by atoms with Crippen molar-refractivity contribution < 1.29 is 22.7 Å². The second-order valence-corrected chi connectivity index (χ2v) is 9.81. The van der Waals surface area contributed by atoms with E-state index < -0.39 is 28.0 Å². The number of benzene rings is 3. The van der Waals surface area contributed by atoms with Gasteiger partial charge in [-0.1, -0.05) is 48.0 Å². The number of carbonyl (C=O) groups is 1. The van der Waals surface area contributed by atoms with E-state index in [9.17, 15) is 13.2 Å². The minimum atomic E-state index is -3.97. The molecule has 9 heteroatoms. The second-order valence-electron chi connectivity index (χ2n) is 7.66.